The highest BCUT2D eigenvalue weighted by atomic mass is 19.1. The van der Waals surface area contributed by atoms with Gasteiger partial charge in [-0.2, -0.15) is 0 Å². The van der Waals surface area contributed by atoms with Crippen LogP contribution in [0.1, 0.15) is 31.4 Å². The lowest BCUT2D eigenvalue weighted by atomic mass is 10.1. The SMILES string of the molecule is CCC(C)C(=O)Nc1cccc(CNC(=O)/C=C/c2c(F)cccc2F)c1. The quantitative estimate of drug-likeness (QED) is 0.713. The van der Waals surface area contributed by atoms with E-state index < -0.39 is 17.5 Å². The van der Waals surface area contributed by atoms with Gasteiger partial charge in [-0.05, 0) is 42.3 Å². The van der Waals surface area contributed by atoms with Crippen LogP contribution in [0.2, 0.25) is 0 Å². The van der Waals surface area contributed by atoms with Crippen molar-refractivity contribution in [3.05, 3.63) is 71.3 Å². The van der Waals surface area contributed by atoms with Gasteiger partial charge in [0.1, 0.15) is 11.6 Å². The molecule has 1 atom stereocenters. The van der Waals surface area contributed by atoms with Crippen molar-refractivity contribution in [1.82, 2.24) is 5.32 Å². The topological polar surface area (TPSA) is 58.2 Å². The molecule has 27 heavy (non-hydrogen) atoms. The summed E-state index contributed by atoms with van der Waals surface area (Å²) in [5.41, 5.74) is 1.18. The van der Waals surface area contributed by atoms with Crippen molar-refractivity contribution in [2.24, 2.45) is 5.92 Å². The number of hydrogen-bond acceptors (Lipinski definition) is 2. The molecule has 0 spiro atoms. The Labute approximate surface area is 157 Å². The van der Waals surface area contributed by atoms with Gasteiger partial charge in [-0.1, -0.05) is 32.0 Å². The van der Waals surface area contributed by atoms with E-state index in [0.717, 1.165) is 36.3 Å². The third-order valence-corrected chi connectivity index (χ3v) is 4.12. The van der Waals surface area contributed by atoms with Crippen molar-refractivity contribution < 1.29 is 18.4 Å². The van der Waals surface area contributed by atoms with Crippen LogP contribution in [0.3, 0.4) is 0 Å². The molecule has 0 aliphatic rings. The summed E-state index contributed by atoms with van der Waals surface area (Å²) in [5.74, 6) is -2.09. The van der Waals surface area contributed by atoms with E-state index in [1.54, 1.807) is 24.3 Å². The van der Waals surface area contributed by atoms with Crippen LogP contribution in [0.15, 0.2) is 48.5 Å². The van der Waals surface area contributed by atoms with E-state index in [-0.39, 0.29) is 23.9 Å². The zero-order valence-electron chi connectivity index (χ0n) is 15.3. The fraction of sp³-hybridized carbons (Fsp3) is 0.238. The zero-order chi connectivity index (χ0) is 19.8. The summed E-state index contributed by atoms with van der Waals surface area (Å²) in [7, 11) is 0. The number of hydrogen-bond donors (Lipinski definition) is 2. The van der Waals surface area contributed by atoms with Gasteiger partial charge < -0.3 is 10.6 Å². The van der Waals surface area contributed by atoms with Gasteiger partial charge in [0.25, 0.3) is 0 Å². The van der Waals surface area contributed by atoms with Gasteiger partial charge in [-0.3, -0.25) is 9.59 Å². The van der Waals surface area contributed by atoms with Crippen LogP contribution >= 0.6 is 0 Å². The highest BCUT2D eigenvalue weighted by Gasteiger charge is 2.10. The van der Waals surface area contributed by atoms with Crippen molar-refractivity contribution >= 4 is 23.6 Å². The summed E-state index contributed by atoms with van der Waals surface area (Å²) in [5, 5.41) is 5.47. The normalized spacial score (nSPS) is 12.0. The van der Waals surface area contributed by atoms with E-state index in [1.165, 1.54) is 6.07 Å². The Morgan fingerprint density at radius 2 is 1.78 bits per heavy atom. The van der Waals surface area contributed by atoms with Gasteiger partial charge in [0.15, 0.2) is 0 Å². The van der Waals surface area contributed by atoms with Crippen molar-refractivity contribution in [2.75, 3.05) is 5.32 Å². The van der Waals surface area contributed by atoms with Crippen molar-refractivity contribution in [3.8, 4) is 0 Å². The summed E-state index contributed by atoms with van der Waals surface area (Å²) >= 11 is 0. The summed E-state index contributed by atoms with van der Waals surface area (Å²) in [6.07, 6.45) is 2.93. The first kappa shape index (κ1) is 20.3. The molecule has 2 aromatic carbocycles. The maximum atomic E-state index is 13.5. The predicted molar refractivity (Wildman–Crippen MR) is 102 cm³/mol. The van der Waals surface area contributed by atoms with E-state index >= 15 is 0 Å². The number of rotatable bonds is 7. The lowest BCUT2D eigenvalue weighted by Crippen LogP contribution is -2.21. The fourth-order valence-electron chi connectivity index (χ4n) is 2.29. The Morgan fingerprint density at radius 1 is 1.11 bits per heavy atom. The molecule has 0 fully saturated rings. The molecule has 0 aromatic heterocycles. The second kappa shape index (κ2) is 9.62. The molecule has 4 nitrogen and oxygen atoms in total. The number of anilines is 1. The van der Waals surface area contributed by atoms with E-state index in [0.29, 0.717) is 5.69 Å². The maximum absolute atomic E-state index is 13.5. The van der Waals surface area contributed by atoms with Crippen LogP contribution in [0.5, 0.6) is 0 Å². The summed E-state index contributed by atoms with van der Waals surface area (Å²) in [6, 6.07) is 10.6. The minimum Gasteiger partial charge on any atom is -0.348 e. The van der Waals surface area contributed by atoms with E-state index in [2.05, 4.69) is 10.6 Å². The molecule has 6 heteroatoms. The van der Waals surface area contributed by atoms with Crippen LogP contribution in [0.4, 0.5) is 14.5 Å². The molecule has 0 saturated heterocycles. The first-order valence-electron chi connectivity index (χ1n) is 8.70. The maximum Gasteiger partial charge on any atom is 0.244 e. The van der Waals surface area contributed by atoms with Crippen molar-refractivity contribution in [2.45, 2.75) is 26.8 Å². The molecule has 0 saturated carbocycles. The van der Waals surface area contributed by atoms with Crippen molar-refractivity contribution in [1.29, 1.82) is 0 Å². The standard InChI is InChI=1S/C21H22F2N2O2/c1-3-14(2)21(27)25-16-7-4-6-15(12-16)13-24-20(26)11-10-17-18(22)8-5-9-19(17)23/h4-12,14H,3,13H2,1-2H3,(H,24,26)(H,25,27)/b11-10+. The van der Waals surface area contributed by atoms with Crippen LogP contribution in [-0.4, -0.2) is 11.8 Å². The molecule has 0 aliphatic carbocycles. The van der Waals surface area contributed by atoms with Crippen LogP contribution in [-0.2, 0) is 16.1 Å². The molecule has 0 radical (unpaired) electrons. The van der Waals surface area contributed by atoms with Gasteiger partial charge in [0.05, 0.1) is 0 Å². The average molecular weight is 372 g/mol. The molecular weight excluding hydrogens is 350 g/mol. The lowest BCUT2D eigenvalue weighted by Gasteiger charge is -2.11. The molecule has 0 aliphatic heterocycles. The fourth-order valence-corrected chi connectivity index (χ4v) is 2.29. The monoisotopic (exact) mass is 372 g/mol. The number of halogens is 2. The second-order valence-corrected chi connectivity index (χ2v) is 6.19. The van der Waals surface area contributed by atoms with E-state index in [1.807, 2.05) is 13.8 Å². The minimum absolute atomic E-state index is 0.0615. The van der Waals surface area contributed by atoms with E-state index in [9.17, 15) is 18.4 Å². The molecule has 0 bridgehead atoms. The molecule has 2 amide bonds. The summed E-state index contributed by atoms with van der Waals surface area (Å²) in [4.78, 5) is 23.8. The van der Waals surface area contributed by atoms with Gasteiger partial charge in [-0.15, -0.1) is 0 Å². The lowest BCUT2D eigenvalue weighted by molar-refractivity contribution is -0.119. The van der Waals surface area contributed by atoms with Gasteiger partial charge in [0, 0.05) is 29.8 Å². The molecule has 0 heterocycles. The molecule has 1 unspecified atom stereocenters. The van der Waals surface area contributed by atoms with E-state index in [4.69, 9.17) is 0 Å². The number of benzene rings is 2. The van der Waals surface area contributed by atoms with Crippen molar-refractivity contribution in [3.63, 3.8) is 0 Å². The first-order valence-corrected chi connectivity index (χ1v) is 8.70. The molecule has 142 valence electrons. The van der Waals surface area contributed by atoms with Crippen LogP contribution in [0, 0.1) is 17.6 Å². The molecular formula is C21H22F2N2O2. The number of carbonyl (C=O) groups is 2. The third-order valence-electron chi connectivity index (χ3n) is 4.12. The second-order valence-electron chi connectivity index (χ2n) is 6.19. The Kier molecular flexibility index (Phi) is 7.23. The largest absolute Gasteiger partial charge is 0.348 e. The Bertz CT molecular complexity index is 830. The number of nitrogens with one attached hydrogen (secondary N) is 2. The third kappa shape index (κ3) is 6.02. The smallest absolute Gasteiger partial charge is 0.244 e. The minimum atomic E-state index is -0.733. The zero-order valence-corrected chi connectivity index (χ0v) is 15.3. The summed E-state index contributed by atoms with van der Waals surface area (Å²) in [6.45, 7) is 4.01. The van der Waals surface area contributed by atoms with Gasteiger partial charge >= 0.3 is 0 Å². The highest BCUT2D eigenvalue weighted by molar-refractivity contribution is 5.93. The number of carbonyl (C=O) groups excluding carboxylic acids is 2. The summed E-state index contributed by atoms with van der Waals surface area (Å²) < 4.78 is 27.1. The number of amides is 2. The predicted octanol–water partition coefficient (Wildman–Crippen LogP) is 4.28. The highest BCUT2D eigenvalue weighted by Crippen LogP contribution is 2.14. The first-order chi connectivity index (χ1) is 12.9. The van der Waals surface area contributed by atoms with Crippen LogP contribution in [0.25, 0.3) is 6.08 Å². The molecule has 2 rings (SSSR count). The Hall–Kier alpha value is -3.02. The van der Waals surface area contributed by atoms with Gasteiger partial charge in [0.2, 0.25) is 11.8 Å². The molecule has 2 N–H and O–H groups in total. The Balaban J connectivity index is 1.94. The average Bonchev–Trinajstić information content (AvgIpc) is 2.65. The molecule has 2 aromatic rings. The Morgan fingerprint density at radius 3 is 2.44 bits per heavy atom. The van der Waals surface area contributed by atoms with Gasteiger partial charge in [-0.25, -0.2) is 8.78 Å². The van der Waals surface area contributed by atoms with Crippen LogP contribution < -0.4 is 10.6 Å².